The number of nitrogens with one attached hydrogen (secondary N) is 1. The summed E-state index contributed by atoms with van der Waals surface area (Å²) in [7, 11) is 0. The highest BCUT2D eigenvalue weighted by atomic mass is 32.2. The molecule has 2 heterocycles. The predicted octanol–water partition coefficient (Wildman–Crippen LogP) is 2.49. The van der Waals surface area contributed by atoms with Crippen molar-refractivity contribution in [1.82, 2.24) is 25.1 Å². The molecule has 108 valence electrons. The molecule has 0 aliphatic rings. The Balaban J connectivity index is 2.15. The molecular formula is C11H16N6OS2. The normalized spacial score (nSPS) is 10.5. The molecule has 0 bridgehead atoms. The van der Waals surface area contributed by atoms with Crippen molar-refractivity contribution in [2.24, 2.45) is 0 Å². The van der Waals surface area contributed by atoms with Gasteiger partial charge in [0.1, 0.15) is 5.51 Å². The topological polar surface area (TPSA) is 85.7 Å². The van der Waals surface area contributed by atoms with Gasteiger partial charge in [0, 0.05) is 6.54 Å². The van der Waals surface area contributed by atoms with Gasteiger partial charge in [0.2, 0.25) is 11.1 Å². The van der Waals surface area contributed by atoms with Crippen molar-refractivity contribution in [3.63, 3.8) is 0 Å². The molecule has 20 heavy (non-hydrogen) atoms. The summed E-state index contributed by atoms with van der Waals surface area (Å²) in [6.45, 7) is 5.51. The Morgan fingerprint density at radius 1 is 1.25 bits per heavy atom. The smallest absolute Gasteiger partial charge is 0.322 e. The van der Waals surface area contributed by atoms with Crippen LogP contribution >= 0.6 is 23.1 Å². The molecule has 0 saturated carbocycles. The zero-order valence-electron chi connectivity index (χ0n) is 11.4. The zero-order chi connectivity index (χ0) is 14.2. The van der Waals surface area contributed by atoms with Crippen molar-refractivity contribution < 1.29 is 4.74 Å². The van der Waals surface area contributed by atoms with E-state index < -0.39 is 0 Å². The molecule has 0 amide bonds. The van der Waals surface area contributed by atoms with Crippen LogP contribution in [0.5, 0.6) is 6.01 Å². The third kappa shape index (κ3) is 4.57. The maximum atomic E-state index is 5.49. The number of hydrogen-bond acceptors (Lipinski definition) is 9. The summed E-state index contributed by atoms with van der Waals surface area (Å²) in [4.78, 5) is 12.8. The van der Waals surface area contributed by atoms with E-state index in [9.17, 15) is 0 Å². The summed E-state index contributed by atoms with van der Waals surface area (Å²) in [5, 5.41) is 11.5. The Labute approximate surface area is 125 Å². The Hall–Kier alpha value is -1.48. The lowest BCUT2D eigenvalue weighted by atomic mass is 10.5. The van der Waals surface area contributed by atoms with Crippen molar-refractivity contribution in [2.75, 3.05) is 18.5 Å². The van der Waals surface area contributed by atoms with Crippen molar-refractivity contribution in [3.05, 3.63) is 5.51 Å². The van der Waals surface area contributed by atoms with E-state index in [0.717, 1.165) is 23.7 Å². The average Bonchev–Trinajstić information content (AvgIpc) is 2.95. The molecule has 9 heteroatoms. The summed E-state index contributed by atoms with van der Waals surface area (Å²) in [6.07, 6.45) is 1.90. The van der Waals surface area contributed by atoms with Crippen LogP contribution < -0.4 is 10.1 Å². The third-order valence-electron chi connectivity index (χ3n) is 2.08. The minimum absolute atomic E-state index is 0.340. The molecule has 0 aliphatic heterocycles. The quantitative estimate of drug-likeness (QED) is 0.795. The lowest BCUT2D eigenvalue weighted by Crippen LogP contribution is -2.08. The van der Waals surface area contributed by atoms with Crippen LogP contribution in [0.2, 0.25) is 0 Å². The highest BCUT2D eigenvalue weighted by Gasteiger charge is 2.10. The van der Waals surface area contributed by atoms with Gasteiger partial charge in [-0.25, -0.2) is 0 Å². The Bertz CT molecular complexity index is 495. The summed E-state index contributed by atoms with van der Waals surface area (Å²) >= 11 is 2.80. The van der Waals surface area contributed by atoms with Gasteiger partial charge in [0.25, 0.3) is 0 Å². The van der Waals surface area contributed by atoms with Crippen LogP contribution in [0.4, 0.5) is 5.95 Å². The van der Waals surface area contributed by atoms with Crippen molar-refractivity contribution in [2.45, 2.75) is 36.2 Å². The van der Waals surface area contributed by atoms with Gasteiger partial charge in [0.05, 0.1) is 6.61 Å². The van der Waals surface area contributed by atoms with Gasteiger partial charge in [-0.05, 0) is 24.6 Å². The van der Waals surface area contributed by atoms with E-state index in [4.69, 9.17) is 4.74 Å². The molecule has 2 aromatic heterocycles. The van der Waals surface area contributed by atoms with Gasteiger partial charge in [-0.2, -0.15) is 15.0 Å². The summed E-state index contributed by atoms with van der Waals surface area (Å²) < 4.78 is 6.28. The number of rotatable bonds is 8. The van der Waals surface area contributed by atoms with E-state index in [2.05, 4.69) is 37.4 Å². The second kappa shape index (κ2) is 7.95. The molecule has 0 radical (unpaired) electrons. The van der Waals surface area contributed by atoms with Crippen molar-refractivity contribution in [3.8, 4) is 6.01 Å². The van der Waals surface area contributed by atoms with E-state index in [0.29, 0.717) is 23.7 Å². The van der Waals surface area contributed by atoms with E-state index in [-0.39, 0.29) is 0 Å². The molecule has 2 rings (SSSR count). The molecule has 7 nitrogen and oxygen atoms in total. The van der Waals surface area contributed by atoms with Crippen LogP contribution in [-0.4, -0.2) is 38.3 Å². The first-order valence-corrected chi connectivity index (χ1v) is 8.08. The number of ether oxygens (including phenoxy) is 1. The first kappa shape index (κ1) is 14.9. The van der Waals surface area contributed by atoms with E-state index >= 15 is 0 Å². The number of hydrogen-bond donors (Lipinski definition) is 1. The lowest BCUT2D eigenvalue weighted by molar-refractivity contribution is 0.288. The van der Waals surface area contributed by atoms with E-state index in [1.165, 1.54) is 23.1 Å². The van der Waals surface area contributed by atoms with Gasteiger partial charge >= 0.3 is 6.01 Å². The SMILES string of the molecule is CCCNc1nc(OCCC)nc(Sc2nncs2)n1. The molecule has 0 aromatic carbocycles. The second-order valence-electron chi connectivity index (χ2n) is 3.81. The Morgan fingerprint density at radius 3 is 2.85 bits per heavy atom. The van der Waals surface area contributed by atoms with E-state index in [1.54, 1.807) is 5.51 Å². The van der Waals surface area contributed by atoms with Gasteiger partial charge in [-0.3, -0.25) is 0 Å². The maximum absolute atomic E-state index is 5.49. The molecule has 0 unspecified atom stereocenters. The van der Waals surface area contributed by atoms with Crippen LogP contribution in [0.25, 0.3) is 0 Å². The van der Waals surface area contributed by atoms with Crippen LogP contribution in [-0.2, 0) is 0 Å². The number of nitrogens with zero attached hydrogens (tertiary/aromatic N) is 5. The Morgan fingerprint density at radius 2 is 2.15 bits per heavy atom. The molecule has 0 atom stereocenters. The molecule has 0 spiro atoms. The molecule has 1 N–H and O–H groups in total. The van der Waals surface area contributed by atoms with E-state index in [1.807, 2.05) is 6.92 Å². The van der Waals surface area contributed by atoms with Gasteiger partial charge < -0.3 is 10.1 Å². The zero-order valence-corrected chi connectivity index (χ0v) is 13.0. The first-order chi connectivity index (χ1) is 9.81. The van der Waals surface area contributed by atoms with Gasteiger partial charge in [-0.1, -0.05) is 25.2 Å². The minimum Gasteiger partial charge on any atom is -0.463 e. The molecular weight excluding hydrogens is 296 g/mol. The minimum atomic E-state index is 0.340. The average molecular weight is 312 g/mol. The fourth-order valence-electron chi connectivity index (χ4n) is 1.24. The highest BCUT2D eigenvalue weighted by Crippen LogP contribution is 2.27. The monoisotopic (exact) mass is 312 g/mol. The van der Waals surface area contributed by atoms with Crippen LogP contribution in [0.15, 0.2) is 15.0 Å². The predicted molar refractivity (Wildman–Crippen MR) is 78.4 cm³/mol. The standard InChI is InChI=1S/C11H16N6OS2/c1-3-5-12-8-14-9(18-6-4-2)16-10(15-8)20-11-17-13-7-19-11/h7H,3-6H2,1-2H3,(H,12,14,15,16). The summed E-state index contributed by atoms with van der Waals surface area (Å²) in [5.41, 5.74) is 1.67. The largest absolute Gasteiger partial charge is 0.463 e. The van der Waals surface area contributed by atoms with Crippen LogP contribution in [0.1, 0.15) is 26.7 Å². The van der Waals surface area contributed by atoms with Crippen LogP contribution in [0.3, 0.4) is 0 Å². The van der Waals surface area contributed by atoms with Crippen molar-refractivity contribution in [1.29, 1.82) is 0 Å². The summed E-state index contributed by atoms with van der Waals surface area (Å²) in [6, 6.07) is 0.340. The summed E-state index contributed by atoms with van der Waals surface area (Å²) in [5.74, 6) is 0.528. The van der Waals surface area contributed by atoms with Crippen molar-refractivity contribution >= 4 is 29.0 Å². The second-order valence-corrected chi connectivity index (χ2v) is 5.85. The molecule has 0 saturated heterocycles. The lowest BCUT2D eigenvalue weighted by Gasteiger charge is -2.07. The molecule has 2 aromatic rings. The molecule has 0 aliphatic carbocycles. The molecule has 0 fully saturated rings. The number of anilines is 1. The van der Waals surface area contributed by atoms with Gasteiger partial charge in [-0.15, -0.1) is 10.2 Å². The third-order valence-corrected chi connectivity index (χ3v) is 3.72. The van der Waals surface area contributed by atoms with Crippen LogP contribution in [0, 0.1) is 0 Å². The Kier molecular flexibility index (Phi) is 5.93. The fourth-order valence-corrected chi connectivity index (χ4v) is 2.57. The maximum Gasteiger partial charge on any atom is 0.322 e. The first-order valence-electron chi connectivity index (χ1n) is 6.38. The number of aromatic nitrogens is 5. The van der Waals surface area contributed by atoms with Gasteiger partial charge in [0.15, 0.2) is 4.34 Å². The fraction of sp³-hybridized carbons (Fsp3) is 0.545. The highest BCUT2D eigenvalue weighted by molar-refractivity contribution is 8.00.